The molecular formula is C16H32. The van der Waals surface area contributed by atoms with Crippen LogP contribution in [0.1, 0.15) is 80.1 Å². The second kappa shape index (κ2) is 11.0. The first-order valence-electron chi connectivity index (χ1n) is 6.58. The van der Waals surface area contributed by atoms with Crippen LogP contribution < -0.4 is 0 Å². The summed E-state index contributed by atoms with van der Waals surface area (Å²) in [6, 6.07) is 0. The van der Waals surface area contributed by atoms with Crippen LogP contribution in [0.25, 0.3) is 0 Å². The van der Waals surface area contributed by atoms with Gasteiger partial charge in [0.15, 0.2) is 0 Å². The van der Waals surface area contributed by atoms with Gasteiger partial charge < -0.3 is 0 Å². The summed E-state index contributed by atoms with van der Waals surface area (Å²) in [5.41, 5.74) is 4.80. The minimum Gasteiger partial charge on any atom is -0.0999 e. The first kappa shape index (κ1) is 17.9. The van der Waals surface area contributed by atoms with Gasteiger partial charge in [-0.3, -0.25) is 0 Å². The van der Waals surface area contributed by atoms with Crippen LogP contribution in [0.2, 0.25) is 0 Å². The van der Waals surface area contributed by atoms with Crippen molar-refractivity contribution >= 4 is 0 Å². The largest absolute Gasteiger partial charge is 0.0999 e. The first-order chi connectivity index (χ1) is 7.24. The number of allylic oxidation sites excluding steroid dienone is 3. The molecule has 0 saturated heterocycles. The predicted molar refractivity (Wildman–Crippen MR) is 77.9 cm³/mol. The molecular weight excluding hydrogens is 192 g/mol. The number of hydrogen-bond acceptors (Lipinski definition) is 0. The van der Waals surface area contributed by atoms with Crippen molar-refractivity contribution in [3.05, 3.63) is 23.3 Å². The summed E-state index contributed by atoms with van der Waals surface area (Å²) in [6.45, 7) is 12.6. The predicted octanol–water partition coefficient (Wildman–Crippen LogP) is 6.29. The topological polar surface area (TPSA) is 0 Å². The molecule has 1 aliphatic carbocycles. The molecule has 0 nitrogen and oxygen atoms in total. The third kappa shape index (κ3) is 6.87. The Morgan fingerprint density at radius 3 is 2.06 bits per heavy atom. The van der Waals surface area contributed by atoms with Crippen molar-refractivity contribution in [2.24, 2.45) is 0 Å². The Morgan fingerprint density at radius 1 is 1.12 bits per heavy atom. The molecule has 1 rings (SSSR count). The van der Waals surface area contributed by atoms with Gasteiger partial charge in [-0.1, -0.05) is 57.9 Å². The van der Waals surface area contributed by atoms with E-state index in [1.807, 2.05) is 13.8 Å². The van der Waals surface area contributed by atoms with Crippen molar-refractivity contribution in [2.45, 2.75) is 80.1 Å². The van der Waals surface area contributed by atoms with E-state index < -0.39 is 0 Å². The monoisotopic (exact) mass is 224 g/mol. The highest BCUT2D eigenvalue weighted by atomic mass is 14.2. The molecule has 0 bridgehead atoms. The summed E-state index contributed by atoms with van der Waals surface area (Å²) < 4.78 is 0. The van der Waals surface area contributed by atoms with Gasteiger partial charge in [-0.05, 0) is 45.4 Å². The standard InChI is InChI=1S/C13H22.C2H6.CH4/c1-4-6-11(2)9-10-12(3)13-7-5-8-13;1-2;/h2,4-10H2,1,3H3;1-2H3;1H4. The summed E-state index contributed by atoms with van der Waals surface area (Å²) in [6.07, 6.45) is 9.08. The van der Waals surface area contributed by atoms with Crippen molar-refractivity contribution in [1.82, 2.24) is 0 Å². The van der Waals surface area contributed by atoms with E-state index in [9.17, 15) is 0 Å². The van der Waals surface area contributed by atoms with E-state index in [2.05, 4.69) is 20.4 Å². The van der Waals surface area contributed by atoms with Crippen LogP contribution in [0.15, 0.2) is 23.3 Å². The fraction of sp³-hybridized carbons (Fsp3) is 0.750. The molecule has 0 heterocycles. The van der Waals surface area contributed by atoms with Gasteiger partial charge in [-0.2, -0.15) is 0 Å². The van der Waals surface area contributed by atoms with E-state index in [1.54, 1.807) is 11.1 Å². The van der Waals surface area contributed by atoms with Crippen molar-refractivity contribution in [3.63, 3.8) is 0 Å². The zero-order chi connectivity index (χ0) is 11.7. The van der Waals surface area contributed by atoms with E-state index in [4.69, 9.17) is 0 Å². The van der Waals surface area contributed by atoms with Crippen LogP contribution >= 0.6 is 0 Å². The molecule has 0 atom stereocenters. The lowest BCUT2D eigenvalue weighted by molar-refractivity contribution is 0.639. The summed E-state index contributed by atoms with van der Waals surface area (Å²) in [7, 11) is 0. The lowest BCUT2D eigenvalue weighted by atomic mass is 9.86. The maximum Gasteiger partial charge on any atom is -0.0283 e. The van der Waals surface area contributed by atoms with E-state index in [-0.39, 0.29) is 7.43 Å². The lowest BCUT2D eigenvalue weighted by Gasteiger charge is -2.20. The average molecular weight is 224 g/mol. The second-order valence-electron chi connectivity index (χ2n) is 4.24. The number of hydrogen-bond donors (Lipinski definition) is 0. The Hall–Kier alpha value is -0.520. The van der Waals surface area contributed by atoms with Crippen molar-refractivity contribution in [3.8, 4) is 0 Å². The molecule has 0 aromatic carbocycles. The van der Waals surface area contributed by atoms with Gasteiger partial charge in [0.2, 0.25) is 0 Å². The van der Waals surface area contributed by atoms with E-state index in [0.717, 1.165) is 0 Å². The molecule has 1 saturated carbocycles. The number of rotatable bonds is 5. The van der Waals surface area contributed by atoms with Crippen LogP contribution in [0.4, 0.5) is 0 Å². The van der Waals surface area contributed by atoms with Crippen LogP contribution in [0, 0.1) is 0 Å². The highest BCUT2D eigenvalue weighted by molar-refractivity contribution is 5.18. The van der Waals surface area contributed by atoms with Crippen molar-refractivity contribution < 1.29 is 0 Å². The Kier molecular flexibility index (Phi) is 12.3. The maximum atomic E-state index is 4.10. The van der Waals surface area contributed by atoms with Gasteiger partial charge in [0.05, 0.1) is 0 Å². The van der Waals surface area contributed by atoms with Gasteiger partial charge in [0.25, 0.3) is 0 Å². The Balaban J connectivity index is 0. The van der Waals surface area contributed by atoms with Gasteiger partial charge >= 0.3 is 0 Å². The van der Waals surface area contributed by atoms with Crippen LogP contribution in [-0.4, -0.2) is 0 Å². The molecule has 0 spiro atoms. The summed E-state index contributed by atoms with van der Waals surface area (Å²) in [5, 5.41) is 0. The third-order valence-corrected chi connectivity index (χ3v) is 3.02. The normalized spacial score (nSPS) is 12.9. The molecule has 1 aliphatic rings. The highest BCUT2D eigenvalue weighted by Gasteiger charge is 2.11. The molecule has 0 radical (unpaired) electrons. The van der Waals surface area contributed by atoms with Crippen molar-refractivity contribution in [2.75, 3.05) is 0 Å². The van der Waals surface area contributed by atoms with Gasteiger partial charge in [0.1, 0.15) is 0 Å². The minimum atomic E-state index is 0. The van der Waals surface area contributed by atoms with E-state index >= 15 is 0 Å². The van der Waals surface area contributed by atoms with Gasteiger partial charge in [0, 0.05) is 0 Å². The Morgan fingerprint density at radius 2 is 1.69 bits per heavy atom. The highest BCUT2D eigenvalue weighted by Crippen LogP contribution is 2.30. The molecule has 0 heteroatoms. The maximum absolute atomic E-state index is 4.10. The van der Waals surface area contributed by atoms with Crippen molar-refractivity contribution in [1.29, 1.82) is 0 Å². The van der Waals surface area contributed by atoms with Crippen LogP contribution in [0.3, 0.4) is 0 Å². The fourth-order valence-corrected chi connectivity index (χ4v) is 1.80. The molecule has 0 aliphatic heterocycles. The zero-order valence-corrected chi connectivity index (χ0v) is 11.2. The SMILES string of the molecule is C.C=C(CCC)CCC(C)=C1CCC1.CC. The first-order valence-corrected chi connectivity index (χ1v) is 6.58. The average Bonchev–Trinajstić information content (AvgIpc) is 2.16. The van der Waals surface area contributed by atoms with E-state index in [0.29, 0.717) is 0 Å². The molecule has 0 unspecified atom stereocenters. The smallest absolute Gasteiger partial charge is 0.0283 e. The summed E-state index contributed by atoms with van der Waals surface area (Å²) in [5.74, 6) is 0. The Labute approximate surface area is 104 Å². The summed E-state index contributed by atoms with van der Waals surface area (Å²) in [4.78, 5) is 0. The molecule has 0 amide bonds. The minimum absolute atomic E-state index is 0. The quantitative estimate of drug-likeness (QED) is 0.482. The molecule has 0 N–H and O–H groups in total. The summed E-state index contributed by atoms with van der Waals surface area (Å²) >= 11 is 0. The molecule has 0 aromatic rings. The Bertz CT molecular complexity index is 202. The lowest BCUT2D eigenvalue weighted by Crippen LogP contribution is -2.00. The second-order valence-corrected chi connectivity index (χ2v) is 4.24. The zero-order valence-electron chi connectivity index (χ0n) is 11.2. The van der Waals surface area contributed by atoms with Gasteiger partial charge in [-0.25, -0.2) is 0 Å². The molecule has 0 aromatic heterocycles. The fourth-order valence-electron chi connectivity index (χ4n) is 1.80. The molecule has 1 fully saturated rings. The van der Waals surface area contributed by atoms with Gasteiger partial charge in [-0.15, -0.1) is 0 Å². The third-order valence-electron chi connectivity index (χ3n) is 3.02. The molecule has 96 valence electrons. The van der Waals surface area contributed by atoms with Crippen LogP contribution in [-0.2, 0) is 0 Å². The van der Waals surface area contributed by atoms with E-state index in [1.165, 1.54) is 50.5 Å². The molecule has 16 heavy (non-hydrogen) atoms. The van der Waals surface area contributed by atoms with Crippen LogP contribution in [0.5, 0.6) is 0 Å².